The molecule has 2 saturated heterocycles. The highest BCUT2D eigenvalue weighted by Gasteiger charge is 2.27. The van der Waals surface area contributed by atoms with Gasteiger partial charge in [0.25, 0.3) is 0 Å². The lowest BCUT2D eigenvalue weighted by Crippen LogP contribution is -2.48. The second kappa shape index (κ2) is 6.90. The first-order valence-electron chi connectivity index (χ1n) is 8.53. The molecule has 1 aliphatic carbocycles. The van der Waals surface area contributed by atoms with Crippen LogP contribution in [0.4, 0.5) is 0 Å². The van der Waals surface area contributed by atoms with Crippen molar-refractivity contribution < 1.29 is 0 Å². The predicted molar refractivity (Wildman–Crippen MR) is 81.4 cm³/mol. The maximum Gasteiger partial charge on any atom is 0.0223 e. The zero-order chi connectivity index (χ0) is 12.9. The number of hydrogen-bond acceptors (Lipinski definition) is 2. The van der Waals surface area contributed by atoms with Crippen LogP contribution in [0.2, 0.25) is 0 Å². The molecule has 0 aromatic heterocycles. The normalized spacial score (nSPS) is 33.9. The summed E-state index contributed by atoms with van der Waals surface area (Å²) in [6.45, 7) is 6.79. The van der Waals surface area contributed by atoms with Crippen molar-refractivity contribution in [2.24, 2.45) is 5.92 Å². The molecule has 0 aromatic carbocycles. The fourth-order valence-electron chi connectivity index (χ4n) is 4.12. The largest absolute Gasteiger partial charge is 0.302 e. The van der Waals surface area contributed by atoms with E-state index in [2.05, 4.69) is 22.0 Å². The van der Waals surface area contributed by atoms with E-state index in [-0.39, 0.29) is 0 Å². The van der Waals surface area contributed by atoms with Gasteiger partial charge in [-0.05, 0) is 70.5 Å². The Morgan fingerprint density at radius 1 is 0.842 bits per heavy atom. The fourth-order valence-corrected chi connectivity index (χ4v) is 4.12. The molecule has 2 unspecified atom stereocenters. The van der Waals surface area contributed by atoms with E-state index in [1.54, 1.807) is 0 Å². The SMILES string of the molecule is C1=CCC(CN2CCCCC2CN2CCCC2)CC1. The number of nitrogens with zero attached hydrogens (tertiary/aromatic N) is 2. The highest BCUT2D eigenvalue weighted by atomic mass is 15.2. The maximum absolute atomic E-state index is 2.84. The van der Waals surface area contributed by atoms with E-state index in [0.29, 0.717) is 0 Å². The summed E-state index contributed by atoms with van der Waals surface area (Å²) in [5.74, 6) is 0.934. The molecule has 2 nitrogen and oxygen atoms in total. The average Bonchev–Trinajstić information content (AvgIpc) is 2.95. The van der Waals surface area contributed by atoms with Crippen LogP contribution in [0.3, 0.4) is 0 Å². The number of hydrogen-bond donors (Lipinski definition) is 0. The highest BCUT2D eigenvalue weighted by Crippen LogP contribution is 2.25. The van der Waals surface area contributed by atoms with Crippen LogP contribution in [-0.2, 0) is 0 Å². The maximum atomic E-state index is 2.84. The second-order valence-corrected chi connectivity index (χ2v) is 6.80. The second-order valence-electron chi connectivity index (χ2n) is 6.80. The molecule has 0 aromatic rings. The van der Waals surface area contributed by atoms with Gasteiger partial charge in [0.15, 0.2) is 0 Å². The van der Waals surface area contributed by atoms with Gasteiger partial charge in [-0.15, -0.1) is 0 Å². The Balaban J connectivity index is 1.52. The van der Waals surface area contributed by atoms with Gasteiger partial charge in [0.1, 0.15) is 0 Å². The predicted octanol–water partition coefficient (Wildman–Crippen LogP) is 3.29. The van der Waals surface area contributed by atoms with Crippen LogP contribution in [0, 0.1) is 5.92 Å². The monoisotopic (exact) mass is 262 g/mol. The Kier molecular flexibility index (Phi) is 4.95. The first-order chi connectivity index (χ1) is 9.42. The summed E-state index contributed by atoms with van der Waals surface area (Å²) in [5, 5.41) is 0. The number of piperidine rings is 1. The summed E-state index contributed by atoms with van der Waals surface area (Å²) in [5.41, 5.74) is 0. The van der Waals surface area contributed by atoms with Gasteiger partial charge in [-0.25, -0.2) is 0 Å². The molecule has 2 heterocycles. The van der Waals surface area contributed by atoms with Gasteiger partial charge in [0.2, 0.25) is 0 Å². The highest BCUT2D eigenvalue weighted by molar-refractivity contribution is 4.92. The van der Waals surface area contributed by atoms with Crippen molar-refractivity contribution in [2.45, 2.75) is 57.4 Å². The summed E-state index contributed by atoms with van der Waals surface area (Å²) < 4.78 is 0. The third kappa shape index (κ3) is 3.82. The average molecular weight is 262 g/mol. The molecule has 2 aliphatic heterocycles. The van der Waals surface area contributed by atoms with Crippen LogP contribution in [0.25, 0.3) is 0 Å². The number of rotatable bonds is 4. The van der Waals surface area contributed by atoms with Gasteiger partial charge in [-0.3, -0.25) is 4.90 Å². The molecule has 2 fully saturated rings. The molecule has 3 rings (SSSR count). The lowest BCUT2D eigenvalue weighted by Gasteiger charge is -2.40. The molecular weight excluding hydrogens is 232 g/mol. The van der Waals surface area contributed by atoms with Crippen LogP contribution in [0.15, 0.2) is 12.2 Å². The van der Waals surface area contributed by atoms with E-state index in [0.717, 1.165) is 12.0 Å². The van der Waals surface area contributed by atoms with Crippen molar-refractivity contribution in [2.75, 3.05) is 32.7 Å². The quantitative estimate of drug-likeness (QED) is 0.717. The van der Waals surface area contributed by atoms with E-state index in [4.69, 9.17) is 0 Å². The third-order valence-electron chi connectivity index (χ3n) is 5.29. The first-order valence-corrected chi connectivity index (χ1v) is 8.53. The van der Waals surface area contributed by atoms with Gasteiger partial charge in [0, 0.05) is 19.1 Å². The Morgan fingerprint density at radius 2 is 1.68 bits per heavy atom. The van der Waals surface area contributed by atoms with Gasteiger partial charge in [-0.2, -0.15) is 0 Å². The molecule has 0 N–H and O–H groups in total. The van der Waals surface area contributed by atoms with E-state index < -0.39 is 0 Å². The molecule has 0 amide bonds. The smallest absolute Gasteiger partial charge is 0.0223 e. The topological polar surface area (TPSA) is 6.48 Å². The van der Waals surface area contributed by atoms with Crippen molar-refractivity contribution >= 4 is 0 Å². The van der Waals surface area contributed by atoms with E-state index in [1.807, 2.05) is 0 Å². The minimum absolute atomic E-state index is 0.859. The number of allylic oxidation sites excluding steroid dienone is 2. The molecule has 2 atom stereocenters. The van der Waals surface area contributed by atoms with Gasteiger partial charge in [-0.1, -0.05) is 18.6 Å². The minimum atomic E-state index is 0.859. The standard InChI is InChI=1S/C17H30N2/c1-2-8-16(9-3-1)14-19-13-5-4-10-17(19)15-18-11-6-7-12-18/h1-2,16-17H,3-15H2. The van der Waals surface area contributed by atoms with E-state index >= 15 is 0 Å². The molecule has 2 heteroatoms. The van der Waals surface area contributed by atoms with Crippen molar-refractivity contribution in [1.29, 1.82) is 0 Å². The van der Waals surface area contributed by atoms with Crippen molar-refractivity contribution in [3.05, 3.63) is 12.2 Å². The molecular formula is C17H30N2. The summed E-state index contributed by atoms with van der Waals surface area (Å²) in [6.07, 6.45) is 16.0. The summed E-state index contributed by atoms with van der Waals surface area (Å²) in [6, 6.07) is 0.859. The van der Waals surface area contributed by atoms with Gasteiger partial charge in [0.05, 0.1) is 0 Å². The molecule has 3 aliphatic rings. The third-order valence-corrected chi connectivity index (χ3v) is 5.29. The van der Waals surface area contributed by atoms with E-state index in [9.17, 15) is 0 Å². The lowest BCUT2D eigenvalue weighted by molar-refractivity contribution is 0.0941. The molecule has 108 valence electrons. The zero-order valence-corrected chi connectivity index (χ0v) is 12.4. The van der Waals surface area contributed by atoms with Gasteiger partial charge < -0.3 is 4.90 Å². The summed E-state index contributed by atoms with van der Waals surface area (Å²) in [4.78, 5) is 5.55. The lowest BCUT2D eigenvalue weighted by atomic mass is 9.92. The summed E-state index contributed by atoms with van der Waals surface area (Å²) >= 11 is 0. The van der Waals surface area contributed by atoms with Crippen molar-refractivity contribution in [3.63, 3.8) is 0 Å². The number of likely N-dealkylation sites (tertiary alicyclic amines) is 2. The Morgan fingerprint density at radius 3 is 2.47 bits per heavy atom. The molecule has 19 heavy (non-hydrogen) atoms. The van der Waals surface area contributed by atoms with Crippen LogP contribution < -0.4 is 0 Å². The van der Waals surface area contributed by atoms with Crippen molar-refractivity contribution in [3.8, 4) is 0 Å². The Hall–Kier alpha value is -0.340. The van der Waals surface area contributed by atoms with Crippen LogP contribution >= 0.6 is 0 Å². The van der Waals surface area contributed by atoms with Crippen LogP contribution in [0.5, 0.6) is 0 Å². The van der Waals surface area contributed by atoms with Gasteiger partial charge >= 0.3 is 0 Å². The Labute approximate surface area is 118 Å². The fraction of sp³-hybridized carbons (Fsp3) is 0.882. The molecule has 0 spiro atoms. The molecule has 0 bridgehead atoms. The Bertz CT molecular complexity index is 294. The van der Waals surface area contributed by atoms with Crippen LogP contribution in [0.1, 0.15) is 51.4 Å². The van der Waals surface area contributed by atoms with E-state index in [1.165, 1.54) is 84.1 Å². The zero-order valence-electron chi connectivity index (χ0n) is 12.4. The molecule has 0 radical (unpaired) electrons. The molecule has 0 saturated carbocycles. The van der Waals surface area contributed by atoms with Crippen LogP contribution in [-0.4, -0.2) is 48.6 Å². The summed E-state index contributed by atoms with van der Waals surface area (Å²) in [7, 11) is 0. The minimum Gasteiger partial charge on any atom is -0.302 e. The van der Waals surface area contributed by atoms with Crippen molar-refractivity contribution in [1.82, 2.24) is 9.80 Å². The first kappa shape index (κ1) is 13.6.